The van der Waals surface area contributed by atoms with E-state index in [2.05, 4.69) is 5.32 Å². The molecule has 1 fully saturated rings. The standard InChI is InChI=1S/C35H45N3O5S/c1-4-43-33-21-11-10-20-31(33)38(44(3,41)42)23-13-22-34(39)37(26-29-17-12-14-27(2)24-29)32(25-28-15-6-5-7-16-28)35(40)36-30-18-8-9-19-30/h5-7,10-12,14-17,20-21,24,30,32H,4,8-9,13,18-19,22-23,25-26H2,1-3H3,(H,36,40). The van der Waals surface area contributed by atoms with Crippen LogP contribution in [0.3, 0.4) is 0 Å². The molecule has 0 aliphatic heterocycles. The molecule has 236 valence electrons. The molecule has 0 spiro atoms. The predicted octanol–water partition coefficient (Wildman–Crippen LogP) is 5.64. The van der Waals surface area contributed by atoms with Gasteiger partial charge in [0.15, 0.2) is 0 Å². The van der Waals surface area contributed by atoms with Crippen LogP contribution in [-0.2, 0) is 32.6 Å². The highest BCUT2D eigenvalue weighted by Crippen LogP contribution is 2.30. The normalized spacial score (nSPS) is 14.2. The van der Waals surface area contributed by atoms with E-state index in [0.29, 0.717) is 24.5 Å². The molecule has 8 nitrogen and oxygen atoms in total. The molecule has 1 saturated carbocycles. The monoisotopic (exact) mass is 619 g/mol. The number of carbonyl (C=O) groups is 2. The summed E-state index contributed by atoms with van der Waals surface area (Å²) >= 11 is 0. The fourth-order valence-corrected chi connectivity index (χ4v) is 6.82. The predicted molar refractivity (Wildman–Crippen MR) is 175 cm³/mol. The first kappa shape index (κ1) is 33.1. The van der Waals surface area contributed by atoms with Gasteiger partial charge in [-0.3, -0.25) is 13.9 Å². The van der Waals surface area contributed by atoms with Crippen LogP contribution in [0.1, 0.15) is 62.1 Å². The van der Waals surface area contributed by atoms with Crippen LogP contribution in [-0.4, -0.2) is 56.6 Å². The average Bonchev–Trinajstić information content (AvgIpc) is 3.50. The lowest BCUT2D eigenvalue weighted by Gasteiger charge is -2.33. The molecule has 1 aliphatic rings. The Labute approximate surface area is 262 Å². The second-order valence-corrected chi connectivity index (χ2v) is 13.5. The van der Waals surface area contributed by atoms with Gasteiger partial charge in [0.05, 0.1) is 18.6 Å². The van der Waals surface area contributed by atoms with Crippen LogP contribution in [0.2, 0.25) is 0 Å². The Morgan fingerprint density at radius 3 is 2.32 bits per heavy atom. The van der Waals surface area contributed by atoms with Crippen molar-refractivity contribution >= 4 is 27.5 Å². The molecular formula is C35H45N3O5S. The third-order valence-electron chi connectivity index (χ3n) is 7.99. The number of amides is 2. The minimum Gasteiger partial charge on any atom is -0.492 e. The van der Waals surface area contributed by atoms with E-state index in [1.165, 1.54) is 4.31 Å². The van der Waals surface area contributed by atoms with Crippen molar-refractivity contribution in [3.8, 4) is 5.75 Å². The van der Waals surface area contributed by atoms with Crippen LogP contribution in [0.5, 0.6) is 5.75 Å². The fraction of sp³-hybridized carbons (Fsp3) is 0.429. The van der Waals surface area contributed by atoms with Gasteiger partial charge in [0.2, 0.25) is 21.8 Å². The SMILES string of the molecule is CCOc1ccccc1N(CCCC(=O)N(Cc1cccc(C)c1)C(Cc1ccccc1)C(=O)NC1CCCC1)S(C)(=O)=O. The van der Waals surface area contributed by atoms with Gasteiger partial charge in [-0.05, 0) is 56.4 Å². The molecule has 0 saturated heterocycles. The van der Waals surface area contributed by atoms with Gasteiger partial charge >= 0.3 is 0 Å². The second kappa shape index (κ2) is 15.7. The number of aryl methyl sites for hydroxylation is 1. The smallest absolute Gasteiger partial charge is 0.243 e. The molecule has 1 N–H and O–H groups in total. The Morgan fingerprint density at radius 1 is 0.955 bits per heavy atom. The van der Waals surface area contributed by atoms with Crippen molar-refractivity contribution in [3.05, 3.63) is 95.6 Å². The highest BCUT2D eigenvalue weighted by atomic mass is 32.2. The number of hydrogen-bond acceptors (Lipinski definition) is 5. The number of anilines is 1. The largest absolute Gasteiger partial charge is 0.492 e. The molecular weight excluding hydrogens is 574 g/mol. The summed E-state index contributed by atoms with van der Waals surface area (Å²) < 4.78 is 32.7. The highest BCUT2D eigenvalue weighted by molar-refractivity contribution is 7.92. The summed E-state index contributed by atoms with van der Waals surface area (Å²) in [5.74, 6) is 0.130. The van der Waals surface area contributed by atoms with E-state index < -0.39 is 16.1 Å². The molecule has 0 aromatic heterocycles. The Balaban J connectivity index is 1.60. The van der Waals surface area contributed by atoms with Crippen LogP contribution in [0, 0.1) is 6.92 Å². The molecule has 3 aromatic carbocycles. The molecule has 9 heteroatoms. The highest BCUT2D eigenvalue weighted by Gasteiger charge is 2.32. The van der Waals surface area contributed by atoms with Crippen molar-refractivity contribution in [2.75, 3.05) is 23.7 Å². The number of ether oxygens (including phenoxy) is 1. The zero-order valence-corrected chi connectivity index (χ0v) is 26.9. The molecule has 0 bridgehead atoms. The van der Waals surface area contributed by atoms with Crippen LogP contribution in [0.4, 0.5) is 5.69 Å². The maximum absolute atomic E-state index is 14.1. The fourth-order valence-electron chi connectivity index (χ4n) is 5.85. The Hall–Kier alpha value is -3.85. The number of benzene rings is 3. The van der Waals surface area contributed by atoms with Gasteiger partial charge in [0, 0.05) is 32.0 Å². The molecule has 3 aromatic rings. The quantitative estimate of drug-likeness (QED) is 0.238. The van der Waals surface area contributed by atoms with Crippen LogP contribution in [0.15, 0.2) is 78.9 Å². The third-order valence-corrected chi connectivity index (χ3v) is 9.17. The summed E-state index contributed by atoms with van der Waals surface area (Å²) in [6, 6.07) is 24.1. The molecule has 0 radical (unpaired) electrons. The first-order chi connectivity index (χ1) is 21.2. The Bertz CT molecular complexity index is 1490. The van der Waals surface area contributed by atoms with E-state index in [1.54, 1.807) is 29.2 Å². The minimum absolute atomic E-state index is 0.0800. The Kier molecular flexibility index (Phi) is 11.8. The summed E-state index contributed by atoms with van der Waals surface area (Å²) in [6.45, 7) is 4.62. The van der Waals surface area contributed by atoms with E-state index in [-0.39, 0.29) is 43.8 Å². The summed E-state index contributed by atoms with van der Waals surface area (Å²) in [5.41, 5.74) is 3.42. The van der Waals surface area contributed by atoms with Gasteiger partial charge in [-0.1, -0.05) is 85.1 Å². The van der Waals surface area contributed by atoms with Gasteiger partial charge in [0.25, 0.3) is 0 Å². The number of nitrogens with one attached hydrogen (secondary N) is 1. The summed E-state index contributed by atoms with van der Waals surface area (Å²) in [4.78, 5) is 29.7. The van der Waals surface area contributed by atoms with Crippen molar-refractivity contribution < 1.29 is 22.7 Å². The topological polar surface area (TPSA) is 96.0 Å². The van der Waals surface area contributed by atoms with Crippen LogP contribution in [0.25, 0.3) is 0 Å². The van der Waals surface area contributed by atoms with E-state index >= 15 is 0 Å². The first-order valence-corrected chi connectivity index (χ1v) is 17.4. The Morgan fingerprint density at radius 2 is 1.64 bits per heavy atom. The van der Waals surface area contributed by atoms with Gasteiger partial charge < -0.3 is 15.0 Å². The van der Waals surface area contributed by atoms with E-state index in [9.17, 15) is 18.0 Å². The number of nitrogens with zero attached hydrogens (tertiary/aromatic N) is 2. The molecule has 1 unspecified atom stereocenters. The maximum Gasteiger partial charge on any atom is 0.243 e. The van der Waals surface area contributed by atoms with Crippen molar-refractivity contribution in [1.82, 2.24) is 10.2 Å². The number of sulfonamides is 1. The van der Waals surface area contributed by atoms with E-state index in [1.807, 2.05) is 68.4 Å². The van der Waals surface area contributed by atoms with Crippen molar-refractivity contribution in [2.45, 2.75) is 77.4 Å². The minimum atomic E-state index is -3.65. The lowest BCUT2D eigenvalue weighted by atomic mass is 10.0. The van der Waals surface area contributed by atoms with Gasteiger partial charge in [-0.2, -0.15) is 0 Å². The van der Waals surface area contributed by atoms with Crippen molar-refractivity contribution in [2.24, 2.45) is 0 Å². The molecule has 44 heavy (non-hydrogen) atoms. The second-order valence-electron chi connectivity index (χ2n) is 11.5. The lowest BCUT2D eigenvalue weighted by Crippen LogP contribution is -2.52. The van der Waals surface area contributed by atoms with Crippen molar-refractivity contribution in [3.63, 3.8) is 0 Å². The van der Waals surface area contributed by atoms with Gasteiger partial charge in [-0.15, -0.1) is 0 Å². The number of hydrogen-bond donors (Lipinski definition) is 1. The first-order valence-electron chi connectivity index (χ1n) is 15.5. The molecule has 1 aliphatic carbocycles. The molecule has 0 heterocycles. The molecule has 1 atom stereocenters. The summed E-state index contributed by atoms with van der Waals surface area (Å²) in [7, 11) is -3.65. The van der Waals surface area contributed by atoms with E-state index in [4.69, 9.17) is 4.74 Å². The zero-order chi connectivity index (χ0) is 31.5. The number of rotatable bonds is 15. The summed E-state index contributed by atoms with van der Waals surface area (Å²) in [5, 5.41) is 3.23. The zero-order valence-electron chi connectivity index (χ0n) is 26.1. The number of carbonyl (C=O) groups excluding carboxylic acids is 2. The van der Waals surface area contributed by atoms with Crippen LogP contribution >= 0.6 is 0 Å². The van der Waals surface area contributed by atoms with E-state index in [0.717, 1.165) is 48.6 Å². The molecule has 2 amide bonds. The summed E-state index contributed by atoms with van der Waals surface area (Å²) in [6.07, 6.45) is 5.96. The van der Waals surface area contributed by atoms with Crippen molar-refractivity contribution in [1.29, 1.82) is 0 Å². The third kappa shape index (κ3) is 9.32. The van der Waals surface area contributed by atoms with Crippen LogP contribution < -0.4 is 14.4 Å². The average molecular weight is 620 g/mol. The molecule has 4 rings (SSSR count). The van der Waals surface area contributed by atoms with Gasteiger partial charge in [-0.25, -0.2) is 8.42 Å². The van der Waals surface area contributed by atoms with Gasteiger partial charge in [0.1, 0.15) is 11.8 Å². The lowest BCUT2D eigenvalue weighted by molar-refractivity contribution is -0.141. The maximum atomic E-state index is 14.1. The number of para-hydroxylation sites is 2.